The summed E-state index contributed by atoms with van der Waals surface area (Å²) in [5, 5.41) is 4.51. The van der Waals surface area contributed by atoms with Gasteiger partial charge in [-0.25, -0.2) is 0 Å². The van der Waals surface area contributed by atoms with E-state index in [9.17, 15) is 0 Å². The van der Waals surface area contributed by atoms with E-state index < -0.39 is 29.4 Å². The third kappa shape index (κ3) is 8.59. The zero-order valence-electron chi connectivity index (χ0n) is 35.2. The molecular formula is C45H48IrN2SSi2-2. The molecule has 51 heavy (non-hydrogen) atoms. The maximum Gasteiger partial charge on any atom is 0.0878 e. The first-order valence-corrected chi connectivity index (χ1v) is 24.4. The summed E-state index contributed by atoms with van der Waals surface area (Å²) >= 11 is 1.61. The molecule has 0 unspecified atom stereocenters. The second-order valence-electron chi connectivity index (χ2n) is 13.8. The first kappa shape index (κ1) is 32.2. The van der Waals surface area contributed by atoms with Crippen LogP contribution in [0.5, 0.6) is 0 Å². The summed E-state index contributed by atoms with van der Waals surface area (Å²) in [5.41, 5.74) is 5.03. The Balaban J connectivity index is 0.000000211. The fourth-order valence-corrected chi connectivity index (χ4v) is 12.3. The number of rotatable bonds is 9. The molecule has 0 aliphatic rings. The molecule has 0 spiro atoms. The molecule has 3 aromatic heterocycles. The van der Waals surface area contributed by atoms with Crippen LogP contribution in [0.3, 0.4) is 0 Å². The first-order chi connectivity index (χ1) is 26.1. The molecule has 2 nitrogen and oxygen atoms in total. The molecule has 6 heteroatoms. The first-order valence-electron chi connectivity index (χ1n) is 20.0. The van der Waals surface area contributed by atoms with E-state index in [1.165, 1.54) is 28.5 Å². The average molecular weight is 902 g/mol. The fraction of sp³-hybridized carbons (Fsp3) is 0.244. The van der Waals surface area contributed by atoms with Crippen LogP contribution < -0.4 is 10.4 Å². The predicted octanol–water partition coefficient (Wildman–Crippen LogP) is 11.6. The Hall–Kier alpha value is -3.52. The number of aryl methyl sites for hydroxylation is 1. The number of hydrogen-bond donors (Lipinski definition) is 0. The Kier molecular flexibility index (Phi) is 10.6. The molecule has 0 saturated heterocycles. The van der Waals surface area contributed by atoms with Crippen molar-refractivity contribution in [2.24, 2.45) is 0 Å². The maximum atomic E-state index is 8.60. The topological polar surface area (TPSA) is 25.8 Å². The molecule has 1 radical (unpaired) electrons. The van der Waals surface area contributed by atoms with Gasteiger partial charge in [0, 0.05) is 44.1 Å². The van der Waals surface area contributed by atoms with E-state index in [0.29, 0.717) is 16.7 Å². The van der Waals surface area contributed by atoms with E-state index in [2.05, 4.69) is 70.7 Å². The van der Waals surface area contributed by atoms with E-state index in [4.69, 9.17) is 16.8 Å². The van der Waals surface area contributed by atoms with Gasteiger partial charge in [0.05, 0.1) is 16.1 Å². The largest absolute Gasteiger partial charge is 0.305 e. The Morgan fingerprint density at radius 3 is 2.06 bits per heavy atom. The minimum absolute atomic E-state index is 0. The summed E-state index contributed by atoms with van der Waals surface area (Å²) in [7, 11) is -2.85. The summed E-state index contributed by atoms with van der Waals surface area (Å²) in [4.78, 5) is 9.43. The molecule has 263 valence electrons. The normalized spacial score (nSPS) is 13.6. The number of thiophene rings is 1. The fourth-order valence-electron chi connectivity index (χ4n) is 6.56. The predicted molar refractivity (Wildman–Crippen MR) is 224 cm³/mol. The van der Waals surface area contributed by atoms with Crippen molar-refractivity contribution in [1.29, 1.82) is 0 Å². The van der Waals surface area contributed by atoms with Gasteiger partial charge in [0.15, 0.2) is 0 Å². The van der Waals surface area contributed by atoms with Crippen molar-refractivity contribution in [2.75, 3.05) is 0 Å². The molecular weight excluding hydrogens is 849 g/mol. The van der Waals surface area contributed by atoms with Crippen LogP contribution in [0, 0.1) is 19.0 Å². The van der Waals surface area contributed by atoms with Crippen molar-refractivity contribution in [3.8, 4) is 22.5 Å². The van der Waals surface area contributed by atoms with E-state index in [1.807, 2.05) is 79.1 Å². The Morgan fingerprint density at radius 1 is 0.745 bits per heavy atom. The Labute approximate surface area is 331 Å². The average Bonchev–Trinajstić information content (AvgIpc) is 3.58. The van der Waals surface area contributed by atoms with Crippen molar-refractivity contribution < 1.29 is 27.0 Å². The van der Waals surface area contributed by atoms with Crippen molar-refractivity contribution >= 4 is 58.0 Å². The van der Waals surface area contributed by atoms with Crippen LogP contribution in [0.1, 0.15) is 44.3 Å². The SMILES string of the molecule is [2H]C([2H])([2H])c1c[c-]c(-c2ccc([Si](C)(C)C)cn2)c2sc3ccccc3c12.[2H]C([2H])(c1ccccc1)c1cc[c-]c(-c2ccc([Si](CC)(CC)CC)cn2)c1.[Ir]. The summed E-state index contributed by atoms with van der Waals surface area (Å²) in [6.07, 6.45) is 2.45. The number of aromatic nitrogens is 2. The molecule has 4 aromatic carbocycles. The third-order valence-electron chi connectivity index (χ3n) is 9.88. The quantitative estimate of drug-likeness (QED) is 0.107. The number of fused-ring (bicyclic) bond motifs is 3. The summed E-state index contributed by atoms with van der Waals surface area (Å²) < 4.78 is 43.1. The van der Waals surface area contributed by atoms with E-state index in [1.54, 1.807) is 29.5 Å². The van der Waals surface area contributed by atoms with Gasteiger partial charge < -0.3 is 9.97 Å². The van der Waals surface area contributed by atoms with Crippen molar-refractivity contribution in [2.45, 2.75) is 71.8 Å². The van der Waals surface area contributed by atoms with Gasteiger partial charge in [-0.2, -0.15) is 11.3 Å². The Bertz CT molecular complexity index is 2380. The van der Waals surface area contributed by atoms with Crippen LogP contribution in [-0.4, -0.2) is 26.1 Å². The zero-order chi connectivity index (χ0) is 39.6. The van der Waals surface area contributed by atoms with Crippen LogP contribution in [-0.2, 0) is 26.5 Å². The molecule has 0 saturated carbocycles. The zero-order valence-corrected chi connectivity index (χ0v) is 35.4. The smallest absolute Gasteiger partial charge is 0.0878 e. The van der Waals surface area contributed by atoms with Gasteiger partial charge in [-0.3, -0.25) is 0 Å². The van der Waals surface area contributed by atoms with Crippen LogP contribution in [0.2, 0.25) is 37.8 Å². The Morgan fingerprint density at radius 2 is 1.41 bits per heavy atom. The molecule has 0 N–H and O–H groups in total. The number of benzene rings is 4. The molecule has 0 aliphatic carbocycles. The van der Waals surface area contributed by atoms with Crippen molar-refractivity contribution in [3.63, 3.8) is 0 Å². The summed E-state index contributed by atoms with van der Waals surface area (Å²) in [6, 6.07) is 43.0. The third-order valence-corrected chi connectivity index (χ3v) is 18.7. The molecule has 7 aromatic rings. The molecule has 0 atom stereocenters. The minimum atomic E-state index is -2.17. The molecule has 3 heterocycles. The van der Waals surface area contributed by atoms with Gasteiger partial charge in [0.2, 0.25) is 0 Å². The van der Waals surface area contributed by atoms with Gasteiger partial charge >= 0.3 is 0 Å². The molecule has 0 amide bonds. The molecule has 0 aliphatic heterocycles. The summed E-state index contributed by atoms with van der Waals surface area (Å²) in [5.74, 6) is 0. The van der Waals surface area contributed by atoms with Crippen LogP contribution >= 0.6 is 11.3 Å². The molecule has 7 rings (SSSR count). The summed E-state index contributed by atoms with van der Waals surface area (Å²) in [6.45, 7) is 11.6. The van der Waals surface area contributed by atoms with Gasteiger partial charge in [0.1, 0.15) is 0 Å². The van der Waals surface area contributed by atoms with Crippen LogP contribution in [0.15, 0.2) is 116 Å². The van der Waals surface area contributed by atoms with Crippen LogP contribution in [0.4, 0.5) is 0 Å². The van der Waals surface area contributed by atoms with Crippen molar-refractivity contribution in [1.82, 2.24) is 9.97 Å². The standard InChI is InChI=1S/C24H28NSi.C21H20NSSi.Ir/c1-4-26(5-2,6-3)23-15-16-24(25-19-23)22-14-10-13-21(18-22)17-20-11-8-7-9-12-20;1-14-9-11-16(18-12-10-15(13-22-18)24(2,3)4)21-20(14)17-7-5-6-8-19(17)23-21;/h7-13,15-16,18-19H,4-6,17H2,1-3H3;5-10,12-13H,1-4H3;/q2*-1;/i17D2;1D3;. The van der Waals surface area contributed by atoms with E-state index >= 15 is 0 Å². The van der Waals surface area contributed by atoms with Gasteiger partial charge in [-0.1, -0.05) is 144 Å². The van der Waals surface area contributed by atoms with Crippen molar-refractivity contribution in [3.05, 3.63) is 144 Å². The number of hydrogen-bond acceptors (Lipinski definition) is 3. The van der Waals surface area contributed by atoms with E-state index in [0.717, 1.165) is 42.7 Å². The number of nitrogens with zero attached hydrogens (tertiary/aromatic N) is 2. The second kappa shape index (κ2) is 16.9. The monoisotopic (exact) mass is 902 g/mol. The molecule has 0 bridgehead atoms. The van der Waals surface area contributed by atoms with Gasteiger partial charge in [-0.15, -0.1) is 58.7 Å². The minimum Gasteiger partial charge on any atom is -0.305 e. The van der Waals surface area contributed by atoms with Crippen LogP contribution in [0.25, 0.3) is 42.7 Å². The maximum absolute atomic E-state index is 8.60. The van der Waals surface area contributed by atoms with E-state index in [-0.39, 0.29) is 20.1 Å². The van der Waals surface area contributed by atoms with Gasteiger partial charge in [0.25, 0.3) is 0 Å². The second-order valence-corrected chi connectivity index (χ2v) is 25.2. The molecule has 0 fully saturated rings. The number of pyridine rings is 2. The van der Waals surface area contributed by atoms with Gasteiger partial charge in [-0.05, 0) is 49.9 Å².